The van der Waals surface area contributed by atoms with E-state index in [0.29, 0.717) is 0 Å². The van der Waals surface area contributed by atoms with Crippen molar-refractivity contribution in [3.63, 3.8) is 0 Å². The maximum absolute atomic E-state index is 12.7. The van der Waals surface area contributed by atoms with Crippen LogP contribution in [-0.4, -0.2) is 28.9 Å². The fourth-order valence-corrected chi connectivity index (χ4v) is 1.81. The Kier molecular flexibility index (Phi) is 5.13. The first-order valence-corrected chi connectivity index (χ1v) is 5.89. The number of rotatable bonds is 4. The monoisotopic (exact) mass is 292 g/mol. The lowest BCUT2D eigenvalue weighted by Crippen LogP contribution is -2.30. The van der Waals surface area contributed by atoms with Gasteiger partial charge in [0.2, 0.25) is 0 Å². The molecular formula is C13H15F3O4. The molecule has 112 valence electrons. The van der Waals surface area contributed by atoms with E-state index >= 15 is 0 Å². The molecule has 0 aliphatic heterocycles. The lowest BCUT2D eigenvalue weighted by Gasteiger charge is -2.20. The largest absolute Gasteiger partial charge is 0.464 e. The Bertz CT molecular complexity index is 485. The van der Waals surface area contributed by atoms with E-state index in [2.05, 4.69) is 4.74 Å². The predicted molar refractivity (Wildman–Crippen MR) is 63.8 cm³/mol. The van der Waals surface area contributed by atoms with Crippen LogP contribution in [0.3, 0.4) is 0 Å². The van der Waals surface area contributed by atoms with E-state index in [-0.39, 0.29) is 17.7 Å². The zero-order valence-electron chi connectivity index (χ0n) is 10.9. The number of benzene rings is 1. The molecule has 0 heterocycles. The first kappa shape index (κ1) is 16.5. The third-order valence-electron chi connectivity index (χ3n) is 2.83. The Morgan fingerprint density at radius 2 is 1.95 bits per heavy atom. The second kappa shape index (κ2) is 6.23. The van der Waals surface area contributed by atoms with E-state index < -0.39 is 29.9 Å². The van der Waals surface area contributed by atoms with Crippen molar-refractivity contribution in [1.29, 1.82) is 0 Å². The zero-order valence-corrected chi connectivity index (χ0v) is 10.9. The number of ether oxygens (including phenoxy) is 1. The van der Waals surface area contributed by atoms with Gasteiger partial charge in [0.1, 0.15) is 6.10 Å². The smallest absolute Gasteiger partial charge is 0.416 e. The van der Waals surface area contributed by atoms with Crippen molar-refractivity contribution in [3.8, 4) is 0 Å². The molecule has 1 aromatic rings. The molecule has 0 bridgehead atoms. The lowest BCUT2D eigenvalue weighted by molar-refractivity contribution is -0.159. The Morgan fingerprint density at radius 1 is 1.35 bits per heavy atom. The van der Waals surface area contributed by atoms with Crippen LogP contribution >= 0.6 is 0 Å². The van der Waals surface area contributed by atoms with Gasteiger partial charge in [0.25, 0.3) is 0 Å². The molecule has 0 aliphatic rings. The molecule has 1 rings (SSSR count). The molecular weight excluding hydrogens is 277 g/mol. The average Bonchev–Trinajstić information content (AvgIpc) is 2.36. The van der Waals surface area contributed by atoms with Crippen LogP contribution < -0.4 is 0 Å². The van der Waals surface area contributed by atoms with Crippen molar-refractivity contribution in [3.05, 3.63) is 34.9 Å². The third kappa shape index (κ3) is 3.49. The fourth-order valence-electron chi connectivity index (χ4n) is 1.81. The van der Waals surface area contributed by atoms with Gasteiger partial charge in [0, 0.05) is 0 Å². The summed E-state index contributed by atoms with van der Waals surface area (Å²) < 4.78 is 42.7. The molecule has 1 aromatic carbocycles. The van der Waals surface area contributed by atoms with Crippen molar-refractivity contribution >= 4 is 5.97 Å². The molecule has 20 heavy (non-hydrogen) atoms. The summed E-state index contributed by atoms with van der Waals surface area (Å²) in [6.07, 6.45) is -8.29. The molecule has 4 nitrogen and oxygen atoms in total. The van der Waals surface area contributed by atoms with Crippen LogP contribution in [-0.2, 0) is 15.7 Å². The molecule has 0 amide bonds. The molecule has 0 aromatic heterocycles. The number of carbonyl (C=O) groups excluding carboxylic acids is 1. The van der Waals surface area contributed by atoms with Gasteiger partial charge in [0.15, 0.2) is 6.10 Å². The summed E-state index contributed by atoms with van der Waals surface area (Å²) in [5.74, 6) is -1.09. The normalized spacial score (nSPS) is 14.8. The quantitative estimate of drug-likeness (QED) is 0.833. The van der Waals surface area contributed by atoms with Gasteiger partial charge in [-0.05, 0) is 31.0 Å². The van der Waals surface area contributed by atoms with Crippen LogP contribution in [0.5, 0.6) is 0 Å². The minimum Gasteiger partial charge on any atom is -0.464 e. The molecule has 2 N–H and O–H groups in total. The minimum absolute atomic E-state index is 0.00974. The van der Waals surface area contributed by atoms with E-state index in [4.69, 9.17) is 0 Å². The molecule has 0 radical (unpaired) electrons. The fraction of sp³-hybridized carbons (Fsp3) is 0.462. The molecule has 0 saturated carbocycles. The van der Waals surface area contributed by atoms with Gasteiger partial charge in [-0.25, -0.2) is 4.79 Å². The van der Waals surface area contributed by atoms with E-state index in [0.717, 1.165) is 12.1 Å². The summed E-state index contributed by atoms with van der Waals surface area (Å²) in [4.78, 5) is 11.3. The summed E-state index contributed by atoms with van der Waals surface area (Å²) in [5.41, 5.74) is -1.33. The highest BCUT2D eigenvalue weighted by molar-refractivity contribution is 5.75. The summed E-state index contributed by atoms with van der Waals surface area (Å²) in [6, 6.07) is 3.19. The number of aliphatic hydroxyl groups excluding tert-OH is 2. The van der Waals surface area contributed by atoms with Crippen LogP contribution in [0.4, 0.5) is 13.2 Å². The van der Waals surface area contributed by atoms with Crippen LogP contribution in [0.15, 0.2) is 18.2 Å². The third-order valence-corrected chi connectivity index (χ3v) is 2.83. The van der Waals surface area contributed by atoms with Crippen molar-refractivity contribution in [1.82, 2.24) is 0 Å². The topological polar surface area (TPSA) is 66.8 Å². The van der Waals surface area contributed by atoms with E-state index in [1.165, 1.54) is 19.9 Å². The highest BCUT2D eigenvalue weighted by Gasteiger charge is 2.35. The van der Waals surface area contributed by atoms with Crippen LogP contribution in [0, 0.1) is 6.92 Å². The molecule has 7 heteroatoms. The second-order valence-corrected chi connectivity index (χ2v) is 4.16. The van der Waals surface area contributed by atoms with Gasteiger partial charge < -0.3 is 14.9 Å². The number of aliphatic hydroxyl groups is 2. The molecule has 0 fully saturated rings. The maximum atomic E-state index is 12.7. The summed E-state index contributed by atoms with van der Waals surface area (Å²) in [5, 5.41) is 19.4. The molecule has 0 spiro atoms. The molecule has 2 atom stereocenters. The molecule has 0 saturated heterocycles. The first-order valence-electron chi connectivity index (χ1n) is 5.89. The first-order chi connectivity index (χ1) is 9.20. The minimum atomic E-state index is -4.57. The number of hydrogen-bond donors (Lipinski definition) is 2. The van der Waals surface area contributed by atoms with Crippen molar-refractivity contribution in [2.24, 2.45) is 0 Å². The van der Waals surface area contributed by atoms with Gasteiger partial charge in [-0.2, -0.15) is 13.2 Å². The number of esters is 1. The van der Waals surface area contributed by atoms with Crippen molar-refractivity contribution in [2.45, 2.75) is 32.2 Å². The zero-order chi connectivity index (χ0) is 15.5. The highest BCUT2D eigenvalue weighted by Crippen LogP contribution is 2.35. The Balaban J connectivity index is 3.11. The van der Waals surface area contributed by atoms with E-state index in [9.17, 15) is 28.2 Å². The van der Waals surface area contributed by atoms with E-state index in [1.54, 1.807) is 0 Å². The number of alkyl halides is 3. The molecule has 0 aliphatic carbocycles. The standard InChI is InChI=1S/C13H15F3O4/c1-3-20-12(19)11(18)10(17)8-5-4-6-9(7(8)2)13(14,15)16/h4-6,10-11,17-18H,3H2,1-2H3. The predicted octanol–water partition coefficient (Wildman–Crippen LogP) is 1.97. The van der Waals surface area contributed by atoms with Crippen molar-refractivity contribution in [2.75, 3.05) is 6.61 Å². The Hall–Kier alpha value is -1.60. The average molecular weight is 292 g/mol. The van der Waals surface area contributed by atoms with Gasteiger partial charge in [-0.15, -0.1) is 0 Å². The number of carbonyl (C=O) groups is 1. The molecule has 2 unspecified atom stereocenters. The Morgan fingerprint density at radius 3 is 2.45 bits per heavy atom. The van der Waals surface area contributed by atoms with Crippen LogP contribution in [0.2, 0.25) is 0 Å². The van der Waals surface area contributed by atoms with Crippen molar-refractivity contribution < 1.29 is 32.9 Å². The van der Waals surface area contributed by atoms with Crippen LogP contribution in [0.1, 0.15) is 29.7 Å². The van der Waals surface area contributed by atoms with Gasteiger partial charge in [0.05, 0.1) is 12.2 Å². The van der Waals surface area contributed by atoms with Crippen LogP contribution in [0.25, 0.3) is 0 Å². The van der Waals surface area contributed by atoms with Gasteiger partial charge in [-0.1, -0.05) is 12.1 Å². The maximum Gasteiger partial charge on any atom is 0.416 e. The summed E-state index contributed by atoms with van der Waals surface area (Å²) in [6.45, 7) is 2.66. The SMILES string of the molecule is CCOC(=O)C(O)C(O)c1cccc(C(F)(F)F)c1C. The highest BCUT2D eigenvalue weighted by atomic mass is 19.4. The van der Waals surface area contributed by atoms with Gasteiger partial charge >= 0.3 is 12.1 Å². The number of halogens is 3. The summed E-state index contributed by atoms with van der Waals surface area (Å²) >= 11 is 0. The summed E-state index contributed by atoms with van der Waals surface area (Å²) in [7, 11) is 0. The van der Waals surface area contributed by atoms with E-state index in [1.807, 2.05) is 0 Å². The second-order valence-electron chi connectivity index (χ2n) is 4.16. The lowest BCUT2D eigenvalue weighted by atomic mass is 9.95. The van der Waals surface area contributed by atoms with Gasteiger partial charge in [-0.3, -0.25) is 0 Å². The number of hydrogen-bond acceptors (Lipinski definition) is 4. The Labute approximate surface area is 113 Å².